The summed E-state index contributed by atoms with van der Waals surface area (Å²) < 4.78 is 0. The van der Waals surface area contributed by atoms with Crippen LogP contribution in [0.4, 0.5) is 0 Å². The Morgan fingerprint density at radius 1 is 1.75 bits per heavy atom. The number of hydrogen-bond donors (Lipinski definition) is 0. The minimum Gasteiger partial charge on any atom is -0.302 e. The van der Waals surface area contributed by atoms with E-state index < -0.39 is 0 Å². The predicted molar refractivity (Wildman–Crippen MR) is 50.0 cm³/mol. The molecule has 0 N–H and O–H groups in total. The zero-order valence-corrected chi connectivity index (χ0v) is 8.13. The summed E-state index contributed by atoms with van der Waals surface area (Å²) in [6, 6.07) is 0. The molecule has 1 aliphatic heterocycles. The lowest BCUT2D eigenvalue weighted by atomic mass is 9.99. The maximum atomic E-state index is 10.9. The Kier molecular flexibility index (Phi) is 3.04. The highest BCUT2D eigenvalue weighted by molar-refractivity contribution is 5.78. The fourth-order valence-electron chi connectivity index (χ4n) is 1.85. The standard InChI is InChI=1S/C10H17NO/c1-8-4-10(5-9(2)12)7-11(3)6-8/h4,8H,5-7H2,1-3H3. The van der Waals surface area contributed by atoms with Crippen LogP contribution in [-0.2, 0) is 4.79 Å². The van der Waals surface area contributed by atoms with Crippen molar-refractivity contribution in [2.24, 2.45) is 5.92 Å². The van der Waals surface area contributed by atoms with Crippen LogP contribution in [0.2, 0.25) is 0 Å². The fourth-order valence-corrected chi connectivity index (χ4v) is 1.85. The van der Waals surface area contributed by atoms with E-state index in [0.717, 1.165) is 13.1 Å². The summed E-state index contributed by atoms with van der Waals surface area (Å²) in [6.45, 7) is 5.92. The summed E-state index contributed by atoms with van der Waals surface area (Å²) in [6.07, 6.45) is 2.87. The van der Waals surface area contributed by atoms with Gasteiger partial charge in [-0.3, -0.25) is 4.79 Å². The molecule has 0 aliphatic carbocycles. The summed E-state index contributed by atoms with van der Waals surface area (Å²) in [5.41, 5.74) is 1.28. The van der Waals surface area contributed by atoms with Gasteiger partial charge in [0.05, 0.1) is 0 Å². The molecule has 0 radical (unpaired) electrons. The molecule has 1 rings (SSSR count). The summed E-state index contributed by atoms with van der Waals surface area (Å²) in [7, 11) is 2.10. The van der Waals surface area contributed by atoms with E-state index in [2.05, 4.69) is 24.9 Å². The molecule has 0 saturated heterocycles. The van der Waals surface area contributed by atoms with E-state index in [1.807, 2.05) is 0 Å². The molecular formula is C10H17NO. The van der Waals surface area contributed by atoms with Crippen LogP contribution in [0.15, 0.2) is 11.6 Å². The Bertz CT molecular complexity index is 208. The first-order valence-corrected chi connectivity index (χ1v) is 4.45. The summed E-state index contributed by atoms with van der Waals surface area (Å²) in [5, 5.41) is 0. The van der Waals surface area contributed by atoms with Crippen LogP contribution in [0.3, 0.4) is 0 Å². The monoisotopic (exact) mass is 167 g/mol. The normalized spacial score (nSPS) is 25.2. The average molecular weight is 167 g/mol. The zero-order chi connectivity index (χ0) is 9.14. The van der Waals surface area contributed by atoms with Crippen molar-refractivity contribution in [3.8, 4) is 0 Å². The second kappa shape index (κ2) is 3.85. The van der Waals surface area contributed by atoms with E-state index in [1.165, 1.54) is 5.57 Å². The molecule has 1 atom stereocenters. The van der Waals surface area contributed by atoms with E-state index in [1.54, 1.807) is 6.92 Å². The quantitative estimate of drug-likeness (QED) is 0.580. The lowest BCUT2D eigenvalue weighted by Crippen LogP contribution is -2.30. The third kappa shape index (κ3) is 2.78. The first kappa shape index (κ1) is 9.46. The number of likely N-dealkylation sites (N-methyl/N-ethyl adjacent to an activating group) is 1. The van der Waals surface area contributed by atoms with Crippen LogP contribution in [0, 0.1) is 5.92 Å². The number of nitrogens with zero attached hydrogens (tertiary/aromatic N) is 1. The molecule has 0 amide bonds. The van der Waals surface area contributed by atoms with Gasteiger partial charge in [0, 0.05) is 19.5 Å². The van der Waals surface area contributed by atoms with Crippen molar-refractivity contribution in [3.63, 3.8) is 0 Å². The SMILES string of the molecule is CC(=O)CC1=CC(C)CN(C)C1. The highest BCUT2D eigenvalue weighted by Gasteiger charge is 2.14. The Balaban J connectivity index is 2.57. The number of hydrogen-bond acceptors (Lipinski definition) is 2. The van der Waals surface area contributed by atoms with Crippen molar-refractivity contribution in [1.82, 2.24) is 4.90 Å². The van der Waals surface area contributed by atoms with Crippen LogP contribution < -0.4 is 0 Å². The number of rotatable bonds is 2. The highest BCUT2D eigenvalue weighted by atomic mass is 16.1. The molecule has 12 heavy (non-hydrogen) atoms. The third-order valence-electron chi connectivity index (χ3n) is 2.07. The molecule has 0 aromatic carbocycles. The van der Waals surface area contributed by atoms with Crippen molar-refractivity contribution in [3.05, 3.63) is 11.6 Å². The molecule has 1 aliphatic rings. The van der Waals surface area contributed by atoms with E-state index in [-0.39, 0.29) is 5.78 Å². The highest BCUT2D eigenvalue weighted by Crippen LogP contribution is 2.15. The molecule has 0 bridgehead atoms. The second-order valence-corrected chi connectivity index (χ2v) is 3.88. The van der Waals surface area contributed by atoms with Crippen molar-refractivity contribution in [2.45, 2.75) is 20.3 Å². The summed E-state index contributed by atoms with van der Waals surface area (Å²) in [4.78, 5) is 13.1. The Hall–Kier alpha value is -0.630. The molecule has 0 saturated carbocycles. The molecular weight excluding hydrogens is 150 g/mol. The predicted octanol–water partition coefficient (Wildman–Crippen LogP) is 1.47. The van der Waals surface area contributed by atoms with Gasteiger partial charge in [0.1, 0.15) is 5.78 Å². The molecule has 1 heterocycles. The van der Waals surface area contributed by atoms with Crippen molar-refractivity contribution >= 4 is 5.78 Å². The molecule has 2 heteroatoms. The largest absolute Gasteiger partial charge is 0.302 e. The van der Waals surface area contributed by atoms with E-state index >= 15 is 0 Å². The van der Waals surface area contributed by atoms with Gasteiger partial charge in [-0.1, -0.05) is 18.6 Å². The van der Waals surface area contributed by atoms with Gasteiger partial charge in [0.2, 0.25) is 0 Å². The number of ketones is 1. The van der Waals surface area contributed by atoms with Gasteiger partial charge in [0.25, 0.3) is 0 Å². The number of carbonyl (C=O) groups excluding carboxylic acids is 1. The van der Waals surface area contributed by atoms with Gasteiger partial charge in [-0.05, 0) is 19.9 Å². The third-order valence-corrected chi connectivity index (χ3v) is 2.07. The van der Waals surface area contributed by atoms with Gasteiger partial charge in [-0.25, -0.2) is 0 Å². The van der Waals surface area contributed by atoms with Gasteiger partial charge in [0.15, 0.2) is 0 Å². The minimum atomic E-state index is 0.267. The molecule has 0 aromatic heterocycles. The van der Waals surface area contributed by atoms with Gasteiger partial charge in [-0.2, -0.15) is 0 Å². The van der Waals surface area contributed by atoms with E-state index in [9.17, 15) is 4.79 Å². The topological polar surface area (TPSA) is 20.3 Å². The maximum absolute atomic E-state index is 10.9. The zero-order valence-electron chi connectivity index (χ0n) is 8.13. The number of Topliss-reactive ketones (excluding diaryl/α,β-unsaturated/α-hetero) is 1. The van der Waals surface area contributed by atoms with Crippen LogP contribution in [-0.4, -0.2) is 30.8 Å². The van der Waals surface area contributed by atoms with Crippen LogP contribution >= 0.6 is 0 Å². The molecule has 68 valence electrons. The Labute approximate surface area is 74.2 Å². The molecule has 1 unspecified atom stereocenters. The van der Waals surface area contributed by atoms with E-state index in [0.29, 0.717) is 12.3 Å². The first-order chi connectivity index (χ1) is 5.58. The second-order valence-electron chi connectivity index (χ2n) is 3.88. The minimum absolute atomic E-state index is 0.267. The molecule has 0 fully saturated rings. The maximum Gasteiger partial charge on any atom is 0.133 e. The van der Waals surface area contributed by atoms with Crippen LogP contribution in [0.25, 0.3) is 0 Å². The lowest BCUT2D eigenvalue weighted by molar-refractivity contribution is -0.116. The molecule has 0 spiro atoms. The fraction of sp³-hybridized carbons (Fsp3) is 0.700. The van der Waals surface area contributed by atoms with Crippen LogP contribution in [0.1, 0.15) is 20.3 Å². The van der Waals surface area contributed by atoms with Crippen molar-refractivity contribution in [2.75, 3.05) is 20.1 Å². The van der Waals surface area contributed by atoms with Crippen LogP contribution in [0.5, 0.6) is 0 Å². The first-order valence-electron chi connectivity index (χ1n) is 4.45. The van der Waals surface area contributed by atoms with Gasteiger partial charge >= 0.3 is 0 Å². The summed E-state index contributed by atoms with van der Waals surface area (Å²) in [5.74, 6) is 0.863. The molecule has 0 aromatic rings. The van der Waals surface area contributed by atoms with Crippen molar-refractivity contribution in [1.29, 1.82) is 0 Å². The van der Waals surface area contributed by atoms with E-state index in [4.69, 9.17) is 0 Å². The number of carbonyl (C=O) groups is 1. The van der Waals surface area contributed by atoms with Gasteiger partial charge < -0.3 is 4.90 Å². The lowest BCUT2D eigenvalue weighted by Gasteiger charge is -2.26. The Morgan fingerprint density at radius 3 is 2.92 bits per heavy atom. The Morgan fingerprint density at radius 2 is 2.42 bits per heavy atom. The smallest absolute Gasteiger partial charge is 0.133 e. The van der Waals surface area contributed by atoms with Gasteiger partial charge in [-0.15, -0.1) is 0 Å². The summed E-state index contributed by atoms with van der Waals surface area (Å²) >= 11 is 0. The van der Waals surface area contributed by atoms with Crippen molar-refractivity contribution < 1.29 is 4.79 Å². The molecule has 2 nitrogen and oxygen atoms in total. The average Bonchev–Trinajstić information content (AvgIpc) is 1.81.